The van der Waals surface area contributed by atoms with E-state index in [4.69, 9.17) is 9.05 Å². The Labute approximate surface area is 351 Å². The third-order valence-electron chi connectivity index (χ3n) is 10.1. The quantitative estimate of drug-likeness (QED) is 0.0242. The maximum Gasteiger partial charge on any atom is 0.268 e. The summed E-state index contributed by atoms with van der Waals surface area (Å²) in [7, 11) is 1.09. The number of phosphoric ester groups is 1. The molecule has 0 spiro atoms. The van der Waals surface area contributed by atoms with Crippen molar-refractivity contribution >= 4 is 13.7 Å². The van der Waals surface area contributed by atoms with Crippen molar-refractivity contribution in [2.45, 2.75) is 205 Å². The molecular formula is C47H89N2O7P. The number of phosphoric acid groups is 1. The summed E-state index contributed by atoms with van der Waals surface area (Å²) in [6.45, 7) is 4.37. The number of nitrogens with one attached hydrogen (secondary N) is 1. The van der Waals surface area contributed by atoms with Gasteiger partial charge in [-0.3, -0.25) is 9.36 Å². The molecule has 0 fully saturated rings. The van der Waals surface area contributed by atoms with Crippen LogP contribution in [0.2, 0.25) is 0 Å². The number of unbranched alkanes of at least 4 members (excludes halogenated alkanes) is 19. The molecule has 10 heteroatoms. The SMILES string of the molecule is CCCCCCC/C=C\C/C=C\C/C=C\CCCCCCCCC(=O)NC(COP(=O)([O-])OCC[N+](C)(C)C)C(O)C(O)CCC/C=C/CCCCCCCCC. The van der Waals surface area contributed by atoms with Crippen LogP contribution < -0.4 is 10.2 Å². The Kier molecular flexibility index (Phi) is 37.5. The third-order valence-corrected chi connectivity index (χ3v) is 11.1. The maximum absolute atomic E-state index is 12.9. The Bertz CT molecular complexity index is 1090. The van der Waals surface area contributed by atoms with Gasteiger partial charge in [0, 0.05) is 6.42 Å². The second kappa shape index (κ2) is 38.6. The number of carbonyl (C=O) groups excluding carboxylic acids is 1. The predicted molar refractivity (Wildman–Crippen MR) is 239 cm³/mol. The van der Waals surface area contributed by atoms with Gasteiger partial charge in [-0.15, -0.1) is 0 Å². The van der Waals surface area contributed by atoms with Crippen LogP contribution in [-0.4, -0.2) is 79.8 Å². The molecule has 0 rings (SSSR count). The number of likely N-dealkylation sites (N-methyl/N-ethyl adjacent to an activating group) is 1. The maximum atomic E-state index is 12.9. The standard InChI is InChI=1S/C47H89N2O7P/c1-6-8-10-12-14-16-18-20-21-22-23-24-25-26-27-28-30-32-34-36-38-40-46(51)48-44(43-56-57(53,54)55-42-41-49(3,4)5)47(52)45(50)39-37-35-33-31-29-19-17-15-13-11-9-7-2/h18,20,22-23,25-26,31,33,44-45,47,50,52H,6-17,19,21,24,27-30,32,34-43H2,1-5H3,(H-,48,51,53,54)/b20-18-,23-22-,26-25-,33-31+. The number of quaternary nitrogens is 1. The van der Waals surface area contributed by atoms with Gasteiger partial charge in [-0.05, 0) is 77.0 Å². The van der Waals surface area contributed by atoms with E-state index in [2.05, 4.69) is 67.8 Å². The fourth-order valence-corrected chi connectivity index (χ4v) is 7.10. The number of rotatable bonds is 41. The zero-order valence-corrected chi connectivity index (χ0v) is 38.3. The fourth-order valence-electron chi connectivity index (χ4n) is 6.38. The van der Waals surface area contributed by atoms with E-state index in [1.54, 1.807) is 0 Å². The molecule has 0 aliphatic carbocycles. The zero-order chi connectivity index (χ0) is 42.3. The van der Waals surface area contributed by atoms with Gasteiger partial charge < -0.3 is 34.0 Å². The topological polar surface area (TPSA) is 128 Å². The Morgan fingerprint density at radius 1 is 0.632 bits per heavy atom. The van der Waals surface area contributed by atoms with Gasteiger partial charge in [0.2, 0.25) is 5.91 Å². The number of nitrogens with zero attached hydrogens (tertiary/aromatic N) is 1. The summed E-state index contributed by atoms with van der Waals surface area (Å²) in [6, 6.07) is -1.10. The third kappa shape index (κ3) is 39.6. The molecule has 4 atom stereocenters. The minimum atomic E-state index is -4.68. The second-order valence-electron chi connectivity index (χ2n) is 16.9. The predicted octanol–water partition coefficient (Wildman–Crippen LogP) is 11.2. The molecule has 0 aliphatic heterocycles. The molecule has 0 aromatic rings. The van der Waals surface area contributed by atoms with Crippen molar-refractivity contribution in [2.75, 3.05) is 40.9 Å². The molecular weight excluding hydrogens is 735 g/mol. The van der Waals surface area contributed by atoms with Crippen LogP contribution in [0.25, 0.3) is 0 Å². The van der Waals surface area contributed by atoms with E-state index in [1.165, 1.54) is 83.5 Å². The smallest absolute Gasteiger partial charge is 0.268 e. The van der Waals surface area contributed by atoms with Gasteiger partial charge >= 0.3 is 0 Å². The lowest BCUT2D eigenvalue weighted by Gasteiger charge is -2.31. The van der Waals surface area contributed by atoms with Gasteiger partial charge in [0.15, 0.2) is 0 Å². The molecule has 0 saturated heterocycles. The number of carbonyl (C=O) groups is 1. The normalized spacial score (nSPS) is 15.3. The van der Waals surface area contributed by atoms with E-state index < -0.39 is 32.7 Å². The van der Waals surface area contributed by atoms with Gasteiger partial charge in [-0.25, -0.2) is 0 Å². The zero-order valence-electron chi connectivity index (χ0n) is 37.4. The van der Waals surface area contributed by atoms with Crippen molar-refractivity contribution in [3.05, 3.63) is 48.6 Å². The lowest BCUT2D eigenvalue weighted by atomic mass is 10.0. The summed E-state index contributed by atoms with van der Waals surface area (Å²) in [5.74, 6) is -0.303. The van der Waals surface area contributed by atoms with Crippen LogP contribution in [0, 0.1) is 0 Å². The molecule has 0 aromatic heterocycles. The lowest BCUT2D eigenvalue weighted by Crippen LogP contribution is -2.51. The Hall–Kier alpha value is -1.58. The van der Waals surface area contributed by atoms with Crippen molar-refractivity contribution in [3.8, 4) is 0 Å². The first-order chi connectivity index (χ1) is 27.4. The summed E-state index contributed by atoms with van der Waals surface area (Å²) >= 11 is 0. The molecule has 334 valence electrons. The first kappa shape index (κ1) is 55.4. The first-order valence-electron chi connectivity index (χ1n) is 23.1. The Balaban J connectivity index is 4.50. The van der Waals surface area contributed by atoms with Crippen LogP contribution in [0.1, 0.15) is 187 Å². The molecule has 0 bridgehead atoms. The molecule has 4 unspecified atom stereocenters. The fraction of sp³-hybridized carbons (Fsp3) is 0.809. The highest BCUT2D eigenvalue weighted by Gasteiger charge is 2.29. The Morgan fingerprint density at radius 3 is 1.54 bits per heavy atom. The number of aliphatic hydroxyl groups is 2. The minimum absolute atomic E-state index is 0.0507. The molecule has 9 nitrogen and oxygen atoms in total. The molecule has 3 N–H and O–H groups in total. The first-order valence-corrected chi connectivity index (χ1v) is 24.5. The highest BCUT2D eigenvalue weighted by atomic mass is 31.2. The van der Waals surface area contributed by atoms with Crippen molar-refractivity contribution in [3.63, 3.8) is 0 Å². The summed E-state index contributed by atoms with van der Waals surface area (Å²) in [6.07, 6.45) is 44.4. The van der Waals surface area contributed by atoms with E-state index >= 15 is 0 Å². The minimum Gasteiger partial charge on any atom is -0.756 e. The van der Waals surface area contributed by atoms with Crippen LogP contribution in [0.4, 0.5) is 0 Å². The highest BCUT2D eigenvalue weighted by molar-refractivity contribution is 7.45. The van der Waals surface area contributed by atoms with Crippen LogP contribution in [0.3, 0.4) is 0 Å². The largest absolute Gasteiger partial charge is 0.756 e. The number of allylic oxidation sites excluding steroid dienone is 8. The van der Waals surface area contributed by atoms with Gasteiger partial charge in [-0.2, -0.15) is 0 Å². The molecule has 0 saturated carbocycles. The van der Waals surface area contributed by atoms with Crippen LogP contribution >= 0.6 is 7.82 Å². The van der Waals surface area contributed by atoms with Crippen LogP contribution in [0.5, 0.6) is 0 Å². The van der Waals surface area contributed by atoms with Gasteiger partial charge in [0.05, 0.1) is 39.9 Å². The highest BCUT2D eigenvalue weighted by Crippen LogP contribution is 2.38. The van der Waals surface area contributed by atoms with E-state index in [9.17, 15) is 24.5 Å². The monoisotopic (exact) mass is 825 g/mol. The molecule has 1 amide bonds. The second-order valence-corrected chi connectivity index (χ2v) is 18.3. The van der Waals surface area contributed by atoms with Crippen LogP contribution in [0.15, 0.2) is 48.6 Å². The number of hydrogen-bond acceptors (Lipinski definition) is 7. The molecule has 0 radical (unpaired) electrons. The van der Waals surface area contributed by atoms with Crippen LogP contribution in [-0.2, 0) is 18.4 Å². The molecule has 0 heterocycles. The van der Waals surface area contributed by atoms with Crippen molar-refractivity contribution in [2.24, 2.45) is 0 Å². The average molecular weight is 825 g/mol. The summed E-state index contributed by atoms with van der Waals surface area (Å²) < 4.78 is 23.1. The molecule has 0 aliphatic rings. The molecule has 57 heavy (non-hydrogen) atoms. The van der Waals surface area contributed by atoms with Crippen molar-refractivity contribution < 1.29 is 38.0 Å². The van der Waals surface area contributed by atoms with Crippen molar-refractivity contribution in [1.82, 2.24) is 5.32 Å². The van der Waals surface area contributed by atoms with E-state index in [0.717, 1.165) is 64.2 Å². The summed E-state index contributed by atoms with van der Waals surface area (Å²) in [5.41, 5.74) is 0. The Morgan fingerprint density at radius 2 is 1.05 bits per heavy atom. The van der Waals surface area contributed by atoms with Gasteiger partial charge in [0.25, 0.3) is 7.82 Å². The summed E-state index contributed by atoms with van der Waals surface area (Å²) in [5, 5.41) is 24.6. The number of aliphatic hydroxyl groups excluding tert-OH is 2. The lowest BCUT2D eigenvalue weighted by molar-refractivity contribution is -0.870. The number of hydrogen-bond donors (Lipinski definition) is 3. The summed E-state index contributed by atoms with van der Waals surface area (Å²) in [4.78, 5) is 25.4. The number of amides is 1. The average Bonchev–Trinajstić information content (AvgIpc) is 3.16. The van der Waals surface area contributed by atoms with Crippen molar-refractivity contribution in [1.29, 1.82) is 0 Å². The van der Waals surface area contributed by atoms with E-state index in [-0.39, 0.29) is 18.9 Å². The van der Waals surface area contributed by atoms with Gasteiger partial charge in [0.1, 0.15) is 19.3 Å². The van der Waals surface area contributed by atoms with E-state index in [1.807, 2.05) is 21.1 Å². The van der Waals surface area contributed by atoms with Gasteiger partial charge in [-0.1, -0.05) is 152 Å². The van der Waals surface area contributed by atoms with E-state index in [0.29, 0.717) is 30.3 Å². The molecule has 0 aromatic carbocycles.